The van der Waals surface area contributed by atoms with Crippen LogP contribution in [0, 0.1) is 0 Å². The molecule has 0 saturated carbocycles. The lowest BCUT2D eigenvalue weighted by atomic mass is 10.1. The highest BCUT2D eigenvalue weighted by Gasteiger charge is 2.39. The molecule has 2 N–H and O–H groups in total. The second-order valence-electron chi connectivity index (χ2n) is 3.26. The van der Waals surface area contributed by atoms with Crippen LogP contribution >= 0.6 is 15.9 Å². The zero-order valence-electron chi connectivity index (χ0n) is 9.34. The summed E-state index contributed by atoms with van der Waals surface area (Å²) < 4.78 is 40.9. The number of nitrogens with one attached hydrogen (secondary N) is 1. The van der Waals surface area contributed by atoms with E-state index in [1.807, 2.05) is 0 Å². The highest BCUT2D eigenvalue weighted by atomic mass is 79.9. The number of hydrogen-bond donors (Lipinski definition) is 2. The Morgan fingerprint density at radius 1 is 1.37 bits per heavy atom. The van der Waals surface area contributed by atoms with Gasteiger partial charge >= 0.3 is 18.1 Å². The summed E-state index contributed by atoms with van der Waals surface area (Å²) in [6.07, 6.45) is -5.07. The lowest BCUT2D eigenvalue weighted by Crippen LogP contribution is -2.30. The van der Waals surface area contributed by atoms with E-state index in [4.69, 9.17) is 9.84 Å². The second kappa shape index (κ2) is 5.47. The van der Waals surface area contributed by atoms with E-state index in [9.17, 15) is 22.8 Å². The van der Waals surface area contributed by atoms with Crippen LogP contribution in [0.5, 0.6) is 5.75 Å². The summed E-state index contributed by atoms with van der Waals surface area (Å²) in [5, 5.41) is 10.5. The fraction of sp³-hybridized carbons (Fsp3) is 0.200. The van der Waals surface area contributed by atoms with Gasteiger partial charge in [-0.3, -0.25) is 4.79 Å². The monoisotopic (exact) mass is 341 g/mol. The highest BCUT2D eigenvalue weighted by Crippen LogP contribution is 2.34. The van der Waals surface area contributed by atoms with Crippen molar-refractivity contribution in [1.82, 2.24) is 0 Å². The van der Waals surface area contributed by atoms with Gasteiger partial charge < -0.3 is 15.2 Å². The number of aromatic carboxylic acids is 1. The van der Waals surface area contributed by atoms with E-state index in [-0.39, 0.29) is 21.5 Å². The average Bonchev–Trinajstić information content (AvgIpc) is 2.29. The van der Waals surface area contributed by atoms with Gasteiger partial charge in [-0.05, 0) is 28.1 Å². The number of anilines is 1. The molecule has 0 fully saturated rings. The Morgan fingerprint density at radius 2 is 1.95 bits per heavy atom. The predicted octanol–water partition coefficient (Wildman–Crippen LogP) is 2.66. The molecular weight excluding hydrogens is 335 g/mol. The first-order valence-electron chi connectivity index (χ1n) is 4.66. The van der Waals surface area contributed by atoms with Crippen molar-refractivity contribution in [3.8, 4) is 5.75 Å². The third kappa shape index (κ3) is 3.37. The van der Waals surface area contributed by atoms with Crippen molar-refractivity contribution in [3.05, 3.63) is 22.2 Å². The maximum absolute atomic E-state index is 12.1. The molecule has 1 aromatic carbocycles. The van der Waals surface area contributed by atoms with Gasteiger partial charge in [0.2, 0.25) is 0 Å². The molecule has 9 heteroatoms. The minimum Gasteiger partial charge on any atom is -0.496 e. The summed E-state index contributed by atoms with van der Waals surface area (Å²) in [5.74, 6) is -3.66. The van der Waals surface area contributed by atoms with Crippen LogP contribution in [0.25, 0.3) is 0 Å². The molecule has 0 saturated heterocycles. The maximum atomic E-state index is 12.1. The number of alkyl halides is 3. The Hall–Kier alpha value is -1.77. The first-order chi connectivity index (χ1) is 8.68. The summed E-state index contributed by atoms with van der Waals surface area (Å²) >= 11 is 2.83. The van der Waals surface area contributed by atoms with Crippen LogP contribution < -0.4 is 10.1 Å². The third-order valence-corrected chi connectivity index (χ3v) is 2.87. The first kappa shape index (κ1) is 15.3. The summed E-state index contributed by atoms with van der Waals surface area (Å²) in [7, 11) is 1.21. The molecule has 1 aromatic rings. The van der Waals surface area contributed by atoms with Crippen molar-refractivity contribution < 1.29 is 32.6 Å². The van der Waals surface area contributed by atoms with Gasteiger partial charge in [0.25, 0.3) is 0 Å². The number of methoxy groups -OCH3 is 1. The number of ether oxygens (including phenoxy) is 1. The lowest BCUT2D eigenvalue weighted by molar-refractivity contribution is -0.167. The van der Waals surface area contributed by atoms with Gasteiger partial charge in [-0.15, -0.1) is 0 Å². The number of carboxylic acid groups (broad SMARTS) is 1. The summed E-state index contributed by atoms with van der Waals surface area (Å²) in [4.78, 5) is 21.8. The van der Waals surface area contributed by atoms with Gasteiger partial charge in [0.1, 0.15) is 11.3 Å². The van der Waals surface area contributed by atoms with Crippen LogP contribution in [-0.4, -0.2) is 30.3 Å². The van der Waals surface area contributed by atoms with Crippen molar-refractivity contribution in [2.45, 2.75) is 6.18 Å². The fourth-order valence-electron chi connectivity index (χ4n) is 1.22. The molecule has 0 heterocycles. The van der Waals surface area contributed by atoms with Crippen LogP contribution in [0.3, 0.4) is 0 Å². The van der Waals surface area contributed by atoms with Crippen LogP contribution in [0.1, 0.15) is 10.4 Å². The Labute approximate surface area is 113 Å². The quantitative estimate of drug-likeness (QED) is 0.886. The molecule has 0 aliphatic rings. The van der Waals surface area contributed by atoms with Crippen molar-refractivity contribution in [2.24, 2.45) is 0 Å². The molecule has 5 nitrogen and oxygen atoms in total. The van der Waals surface area contributed by atoms with Crippen LogP contribution in [-0.2, 0) is 4.79 Å². The van der Waals surface area contributed by atoms with Gasteiger partial charge in [0.05, 0.1) is 17.3 Å². The number of halogens is 4. The fourth-order valence-corrected chi connectivity index (χ4v) is 1.81. The molecule has 0 spiro atoms. The molecule has 0 unspecified atom stereocenters. The number of amides is 1. The standard InChI is InChI=1S/C10H7BrF3NO4/c1-19-5-3-2-4(7(11)6(5)8(16)17)15-9(18)10(12,13)14/h2-3H,1H3,(H,15,18)(H,16,17). The smallest absolute Gasteiger partial charge is 0.471 e. The van der Waals surface area contributed by atoms with E-state index in [1.54, 1.807) is 5.32 Å². The molecule has 0 aliphatic heterocycles. The number of carbonyl (C=O) groups is 2. The van der Waals surface area contributed by atoms with E-state index in [2.05, 4.69) is 15.9 Å². The minimum atomic E-state index is -5.07. The van der Waals surface area contributed by atoms with Crippen molar-refractivity contribution in [2.75, 3.05) is 12.4 Å². The summed E-state index contributed by atoms with van der Waals surface area (Å²) in [6, 6.07) is 2.24. The lowest BCUT2D eigenvalue weighted by Gasteiger charge is -2.13. The molecule has 19 heavy (non-hydrogen) atoms. The molecule has 0 aromatic heterocycles. The SMILES string of the molecule is COc1ccc(NC(=O)C(F)(F)F)c(Br)c1C(=O)O. The maximum Gasteiger partial charge on any atom is 0.471 e. The van der Waals surface area contributed by atoms with Gasteiger partial charge in [-0.25, -0.2) is 4.79 Å². The molecule has 104 valence electrons. The van der Waals surface area contributed by atoms with Gasteiger partial charge in [0, 0.05) is 0 Å². The first-order valence-corrected chi connectivity index (χ1v) is 5.45. The molecule has 0 aliphatic carbocycles. The van der Waals surface area contributed by atoms with Crippen molar-refractivity contribution >= 4 is 33.5 Å². The van der Waals surface area contributed by atoms with Crippen molar-refractivity contribution in [1.29, 1.82) is 0 Å². The topological polar surface area (TPSA) is 75.6 Å². The second-order valence-corrected chi connectivity index (χ2v) is 4.05. The summed E-state index contributed by atoms with van der Waals surface area (Å²) in [6.45, 7) is 0. The van der Waals surface area contributed by atoms with Crippen molar-refractivity contribution in [3.63, 3.8) is 0 Å². The number of benzene rings is 1. The normalized spacial score (nSPS) is 11.0. The van der Waals surface area contributed by atoms with E-state index in [0.29, 0.717) is 0 Å². The Morgan fingerprint density at radius 3 is 2.37 bits per heavy atom. The molecule has 0 atom stereocenters. The van der Waals surface area contributed by atoms with Crippen LogP contribution in [0.15, 0.2) is 16.6 Å². The number of hydrogen-bond acceptors (Lipinski definition) is 3. The number of carbonyl (C=O) groups excluding carboxylic acids is 1. The van der Waals surface area contributed by atoms with Gasteiger partial charge in [-0.2, -0.15) is 13.2 Å². The Kier molecular flexibility index (Phi) is 4.40. The Bertz CT molecular complexity index is 530. The van der Waals surface area contributed by atoms with E-state index in [1.165, 1.54) is 7.11 Å². The van der Waals surface area contributed by atoms with E-state index in [0.717, 1.165) is 12.1 Å². The van der Waals surface area contributed by atoms with Gasteiger partial charge in [0.15, 0.2) is 0 Å². The third-order valence-electron chi connectivity index (χ3n) is 2.04. The summed E-state index contributed by atoms with van der Waals surface area (Å²) in [5.41, 5.74) is -0.706. The zero-order valence-corrected chi connectivity index (χ0v) is 10.9. The van der Waals surface area contributed by atoms with E-state index < -0.39 is 18.1 Å². The Balaban J connectivity index is 3.22. The predicted molar refractivity (Wildman–Crippen MR) is 62.3 cm³/mol. The molecule has 0 bridgehead atoms. The molecule has 0 radical (unpaired) electrons. The van der Waals surface area contributed by atoms with E-state index >= 15 is 0 Å². The average molecular weight is 342 g/mol. The molecule has 1 rings (SSSR count). The largest absolute Gasteiger partial charge is 0.496 e. The van der Waals surface area contributed by atoms with Gasteiger partial charge in [-0.1, -0.05) is 0 Å². The number of rotatable bonds is 3. The van der Waals surface area contributed by atoms with Crippen LogP contribution in [0.4, 0.5) is 18.9 Å². The van der Waals surface area contributed by atoms with Crippen LogP contribution in [0.2, 0.25) is 0 Å². The molecule has 1 amide bonds. The molecular formula is C10H7BrF3NO4. The minimum absolute atomic E-state index is 0.0515. The number of carboxylic acids is 1. The highest BCUT2D eigenvalue weighted by molar-refractivity contribution is 9.10. The zero-order chi connectivity index (χ0) is 14.8.